The number of aliphatic hydroxyl groups excluding tert-OH is 1. The number of halogens is 4. The average Bonchev–Trinajstić information content (AvgIpc) is 3.53. The Hall–Kier alpha value is -3.03. The van der Waals surface area contributed by atoms with Crippen molar-refractivity contribution < 1.29 is 31.1 Å². The van der Waals surface area contributed by atoms with Crippen LogP contribution >= 0.6 is 0 Å². The maximum atomic E-state index is 13.6. The van der Waals surface area contributed by atoms with E-state index in [2.05, 4.69) is 10.2 Å². The predicted molar refractivity (Wildman–Crippen MR) is 130 cm³/mol. The lowest BCUT2D eigenvalue weighted by Gasteiger charge is -2.38. The molecular weight excluding hydrogens is 526 g/mol. The van der Waals surface area contributed by atoms with Crippen molar-refractivity contribution in [2.45, 2.75) is 37.3 Å². The summed E-state index contributed by atoms with van der Waals surface area (Å²) in [5, 5.41) is 17.4. The molecule has 0 spiro atoms. The van der Waals surface area contributed by atoms with Crippen LogP contribution < -0.4 is 0 Å². The SMILES string of the molecule is Cn1cc(S(=O)(=O)N(CCO)C[C@H]2CCC3=Cc4c(cnn4-c4ccc(F)cc4)C[C@@]32C)c(C(F)(F)F)n1. The van der Waals surface area contributed by atoms with Gasteiger partial charge >= 0.3 is 6.18 Å². The third-order valence-corrected chi connectivity index (χ3v) is 9.54. The van der Waals surface area contributed by atoms with E-state index < -0.39 is 38.8 Å². The van der Waals surface area contributed by atoms with Gasteiger partial charge in [0.15, 0.2) is 5.69 Å². The molecule has 1 saturated carbocycles. The Labute approximate surface area is 217 Å². The molecule has 0 unspecified atom stereocenters. The van der Waals surface area contributed by atoms with Gasteiger partial charge in [0, 0.05) is 26.3 Å². The first-order valence-electron chi connectivity index (χ1n) is 12.1. The van der Waals surface area contributed by atoms with E-state index in [1.165, 1.54) is 19.2 Å². The molecule has 1 fully saturated rings. The minimum atomic E-state index is -4.95. The van der Waals surface area contributed by atoms with Crippen LogP contribution in [0, 0.1) is 17.2 Å². The number of benzene rings is 1. The fraction of sp³-hybridized carbons (Fsp3) is 0.440. The number of fused-ring (bicyclic) bond motifs is 2. The van der Waals surface area contributed by atoms with Gasteiger partial charge in [0.25, 0.3) is 0 Å². The molecule has 5 rings (SSSR count). The van der Waals surface area contributed by atoms with Gasteiger partial charge in [-0.2, -0.15) is 27.7 Å². The van der Waals surface area contributed by atoms with Crippen LogP contribution in [0.15, 0.2) is 47.1 Å². The molecule has 8 nitrogen and oxygen atoms in total. The average molecular weight is 554 g/mol. The number of aliphatic hydroxyl groups is 1. The maximum Gasteiger partial charge on any atom is 0.436 e. The Morgan fingerprint density at radius 2 is 1.95 bits per heavy atom. The number of alkyl halides is 3. The normalized spacial score (nSPS) is 21.5. The zero-order valence-electron chi connectivity index (χ0n) is 20.8. The smallest absolute Gasteiger partial charge is 0.395 e. The van der Waals surface area contributed by atoms with E-state index in [-0.39, 0.29) is 24.8 Å². The van der Waals surface area contributed by atoms with Crippen molar-refractivity contribution >= 4 is 16.1 Å². The van der Waals surface area contributed by atoms with Crippen molar-refractivity contribution in [1.82, 2.24) is 23.9 Å². The third kappa shape index (κ3) is 4.46. The van der Waals surface area contributed by atoms with Crippen LogP contribution in [0.4, 0.5) is 17.6 Å². The van der Waals surface area contributed by atoms with Crippen LogP contribution in [0.3, 0.4) is 0 Å². The van der Waals surface area contributed by atoms with Crippen molar-refractivity contribution in [2.24, 2.45) is 18.4 Å². The lowest BCUT2D eigenvalue weighted by molar-refractivity contribution is -0.143. The van der Waals surface area contributed by atoms with E-state index in [1.54, 1.807) is 23.0 Å². The summed E-state index contributed by atoms with van der Waals surface area (Å²) in [6.45, 7) is 1.10. The number of hydrogen-bond acceptors (Lipinski definition) is 5. The molecule has 38 heavy (non-hydrogen) atoms. The molecule has 204 valence electrons. The molecule has 2 aliphatic rings. The highest BCUT2D eigenvalue weighted by molar-refractivity contribution is 7.89. The largest absolute Gasteiger partial charge is 0.436 e. The van der Waals surface area contributed by atoms with Crippen molar-refractivity contribution in [2.75, 3.05) is 19.7 Å². The lowest BCUT2D eigenvalue weighted by atomic mass is 9.70. The minimum absolute atomic E-state index is 0.0512. The third-order valence-electron chi connectivity index (χ3n) is 7.68. The van der Waals surface area contributed by atoms with Crippen LogP contribution in [-0.2, 0) is 29.7 Å². The Bertz CT molecular complexity index is 1490. The lowest BCUT2D eigenvalue weighted by Crippen LogP contribution is -2.42. The van der Waals surface area contributed by atoms with E-state index in [4.69, 9.17) is 0 Å². The van der Waals surface area contributed by atoms with Crippen LogP contribution in [-0.4, -0.2) is 57.1 Å². The first kappa shape index (κ1) is 26.6. The summed E-state index contributed by atoms with van der Waals surface area (Å²) in [6.07, 6.45) is 1.54. The summed E-state index contributed by atoms with van der Waals surface area (Å²) in [4.78, 5) is -0.925. The zero-order valence-corrected chi connectivity index (χ0v) is 21.6. The molecule has 2 aromatic heterocycles. The second-order valence-electron chi connectivity index (χ2n) is 10.0. The highest BCUT2D eigenvalue weighted by atomic mass is 32.2. The van der Waals surface area contributed by atoms with Crippen LogP contribution in [0.2, 0.25) is 0 Å². The Balaban J connectivity index is 1.45. The molecule has 0 aliphatic heterocycles. The fourth-order valence-electron chi connectivity index (χ4n) is 5.67. The molecular formula is C25H27F4N5O3S. The van der Waals surface area contributed by atoms with Crippen molar-refractivity contribution in [1.29, 1.82) is 0 Å². The second-order valence-corrected chi connectivity index (χ2v) is 11.9. The molecule has 0 radical (unpaired) electrons. The maximum absolute atomic E-state index is 13.6. The summed E-state index contributed by atoms with van der Waals surface area (Å²) in [7, 11) is -3.37. The van der Waals surface area contributed by atoms with Crippen LogP contribution in [0.1, 0.15) is 36.7 Å². The van der Waals surface area contributed by atoms with Gasteiger partial charge in [-0.15, -0.1) is 0 Å². The Morgan fingerprint density at radius 1 is 1.24 bits per heavy atom. The number of hydrogen-bond donors (Lipinski definition) is 1. The van der Waals surface area contributed by atoms with Gasteiger partial charge in [-0.05, 0) is 66.5 Å². The number of sulfonamides is 1. The molecule has 1 aromatic carbocycles. The summed E-state index contributed by atoms with van der Waals surface area (Å²) in [6, 6.07) is 5.99. The van der Waals surface area contributed by atoms with Gasteiger partial charge in [0.1, 0.15) is 10.7 Å². The van der Waals surface area contributed by atoms with E-state index in [0.29, 0.717) is 24.9 Å². The molecule has 0 saturated heterocycles. The Kier molecular flexibility index (Phi) is 6.51. The number of aromatic nitrogens is 4. The molecule has 2 atom stereocenters. The fourth-order valence-corrected chi connectivity index (χ4v) is 7.34. The molecule has 2 heterocycles. The standard InChI is InChI=1S/C25H27F4N5O3S/c1-24-12-16-13-30-34(20-7-5-19(26)6-8-20)21(16)11-17(24)3-4-18(24)14-33(9-10-35)38(36,37)22-15-32(2)31-23(22)25(27,28)29/h5-8,11,13,15,18,35H,3-4,9-10,12,14H2,1-2H3/t18-,24+/m1/s1. The van der Waals surface area contributed by atoms with Gasteiger partial charge in [0.2, 0.25) is 10.0 Å². The minimum Gasteiger partial charge on any atom is -0.395 e. The van der Waals surface area contributed by atoms with Crippen molar-refractivity contribution in [3.8, 4) is 5.69 Å². The molecule has 1 N–H and O–H groups in total. The monoisotopic (exact) mass is 553 g/mol. The van der Waals surface area contributed by atoms with E-state index in [9.17, 15) is 31.1 Å². The van der Waals surface area contributed by atoms with Crippen molar-refractivity contribution in [3.05, 3.63) is 65.0 Å². The molecule has 0 bridgehead atoms. The second kappa shape index (κ2) is 9.31. The number of aryl methyl sites for hydroxylation is 1. The van der Waals surface area contributed by atoms with Crippen molar-refractivity contribution in [3.63, 3.8) is 0 Å². The van der Waals surface area contributed by atoms with Crippen LogP contribution in [0.5, 0.6) is 0 Å². The molecule has 0 amide bonds. The van der Waals surface area contributed by atoms with Gasteiger partial charge in [-0.3, -0.25) is 4.68 Å². The zero-order chi connectivity index (χ0) is 27.5. The number of allylic oxidation sites excluding steroid dienone is 1. The topological polar surface area (TPSA) is 93.3 Å². The summed E-state index contributed by atoms with van der Waals surface area (Å²) in [5.74, 6) is -0.557. The summed E-state index contributed by atoms with van der Waals surface area (Å²) < 4.78 is 84.5. The van der Waals surface area contributed by atoms with E-state index in [0.717, 1.165) is 32.0 Å². The van der Waals surface area contributed by atoms with Gasteiger partial charge < -0.3 is 5.11 Å². The quantitative estimate of drug-likeness (QED) is 0.450. The predicted octanol–water partition coefficient (Wildman–Crippen LogP) is 3.80. The Morgan fingerprint density at radius 3 is 2.61 bits per heavy atom. The summed E-state index contributed by atoms with van der Waals surface area (Å²) in [5.41, 5.74) is 1.69. The number of rotatable bonds is 7. The van der Waals surface area contributed by atoms with Gasteiger partial charge in [0.05, 0.1) is 24.2 Å². The van der Waals surface area contributed by atoms with Gasteiger partial charge in [-0.1, -0.05) is 12.5 Å². The molecule has 13 heteroatoms. The van der Waals surface area contributed by atoms with Gasteiger partial charge in [-0.25, -0.2) is 17.5 Å². The number of nitrogens with zero attached hydrogens (tertiary/aromatic N) is 5. The highest BCUT2D eigenvalue weighted by Gasteiger charge is 2.48. The molecule has 2 aliphatic carbocycles. The molecule has 3 aromatic rings. The first-order valence-corrected chi connectivity index (χ1v) is 13.5. The first-order chi connectivity index (χ1) is 17.8. The summed E-state index contributed by atoms with van der Waals surface area (Å²) >= 11 is 0. The van der Waals surface area contributed by atoms with Crippen LogP contribution in [0.25, 0.3) is 11.8 Å². The highest BCUT2D eigenvalue weighted by Crippen LogP contribution is 2.53. The van der Waals surface area contributed by atoms with E-state index in [1.807, 2.05) is 13.0 Å². The van der Waals surface area contributed by atoms with E-state index >= 15 is 0 Å².